The number of hydrogen-bond acceptors (Lipinski definition) is 6. The van der Waals surface area contributed by atoms with E-state index in [2.05, 4.69) is 20.1 Å². The van der Waals surface area contributed by atoms with E-state index < -0.39 is 0 Å². The highest BCUT2D eigenvalue weighted by Gasteiger charge is 2.25. The van der Waals surface area contributed by atoms with Crippen LogP contribution in [0.15, 0.2) is 17.8 Å². The molecule has 0 aliphatic carbocycles. The summed E-state index contributed by atoms with van der Waals surface area (Å²) in [4.78, 5) is 20.5. The van der Waals surface area contributed by atoms with Gasteiger partial charge in [-0.25, -0.2) is 4.98 Å². The second kappa shape index (κ2) is 4.88. The molecule has 1 fully saturated rings. The van der Waals surface area contributed by atoms with Gasteiger partial charge in [0, 0.05) is 37.8 Å². The smallest absolute Gasteiger partial charge is 0.259 e. The quantitative estimate of drug-likeness (QED) is 0.830. The van der Waals surface area contributed by atoms with Gasteiger partial charge in [0.2, 0.25) is 0 Å². The maximum Gasteiger partial charge on any atom is 0.259 e. The maximum atomic E-state index is 12.2. The van der Waals surface area contributed by atoms with Crippen LogP contribution >= 0.6 is 11.3 Å². The fraction of sp³-hybridized carbons (Fsp3) is 0.364. The number of anilines is 2. The summed E-state index contributed by atoms with van der Waals surface area (Å²) >= 11 is 1.62. The Labute approximate surface area is 114 Å². The Morgan fingerprint density at radius 3 is 2.74 bits per heavy atom. The SMILES string of the molecule is Nc1[nH]ncc1C(=O)N1CCN(c2nccs2)CC1. The lowest BCUT2D eigenvalue weighted by Gasteiger charge is -2.34. The Hall–Kier alpha value is -2.09. The highest BCUT2D eigenvalue weighted by atomic mass is 32.1. The molecule has 0 unspecified atom stereocenters. The molecule has 3 heterocycles. The van der Waals surface area contributed by atoms with E-state index in [9.17, 15) is 4.79 Å². The van der Waals surface area contributed by atoms with Crippen LogP contribution < -0.4 is 10.6 Å². The van der Waals surface area contributed by atoms with Gasteiger partial charge >= 0.3 is 0 Å². The van der Waals surface area contributed by atoms with Gasteiger partial charge in [0.1, 0.15) is 11.4 Å². The zero-order valence-electron chi connectivity index (χ0n) is 10.2. The number of hydrogen-bond donors (Lipinski definition) is 2. The summed E-state index contributed by atoms with van der Waals surface area (Å²) in [5.74, 6) is 0.261. The van der Waals surface area contributed by atoms with Crippen molar-refractivity contribution in [1.82, 2.24) is 20.1 Å². The number of piperazine rings is 1. The number of nitrogens with one attached hydrogen (secondary N) is 1. The van der Waals surface area contributed by atoms with E-state index in [1.807, 2.05) is 5.38 Å². The summed E-state index contributed by atoms with van der Waals surface area (Å²) in [6, 6.07) is 0. The monoisotopic (exact) mass is 278 g/mol. The number of carbonyl (C=O) groups excluding carboxylic acids is 1. The number of thiazole rings is 1. The molecular weight excluding hydrogens is 264 g/mol. The fourth-order valence-corrected chi connectivity index (χ4v) is 2.81. The molecule has 19 heavy (non-hydrogen) atoms. The number of aromatic nitrogens is 3. The Bertz CT molecular complexity index is 558. The van der Waals surface area contributed by atoms with Gasteiger partial charge in [-0.15, -0.1) is 11.3 Å². The Kier molecular flexibility index (Phi) is 3.08. The average molecular weight is 278 g/mol. The Balaban J connectivity index is 1.64. The van der Waals surface area contributed by atoms with Crippen LogP contribution in [0.25, 0.3) is 0 Å². The zero-order valence-corrected chi connectivity index (χ0v) is 11.1. The predicted octanol–water partition coefficient (Wildman–Crippen LogP) is 0.411. The van der Waals surface area contributed by atoms with Gasteiger partial charge < -0.3 is 15.5 Å². The molecule has 1 aliphatic rings. The number of carbonyl (C=O) groups is 1. The maximum absolute atomic E-state index is 12.2. The van der Waals surface area contributed by atoms with Crippen LogP contribution in [0.3, 0.4) is 0 Å². The molecule has 3 rings (SSSR count). The van der Waals surface area contributed by atoms with E-state index in [0.717, 1.165) is 18.2 Å². The molecule has 0 atom stereocenters. The van der Waals surface area contributed by atoms with Crippen LogP contribution in [0.5, 0.6) is 0 Å². The first-order chi connectivity index (χ1) is 9.25. The van der Waals surface area contributed by atoms with E-state index in [-0.39, 0.29) is 5.91 Å². The molecule has 1 amide bonds. The molecule has 0 aromatic carbocycles. The van der Waals surface area contributed by atoms with Crippen molar-refractivity contribution in [2.75, 3.05) is 36.8 Å². The zero-order chi connectivity index (χ0) is 13.2. The molecule has 2 aromatic heterocycles. The third kappa shape index (κ3) is 2.26. The number of amides is 1. The largest absolute Gasteiger partial charge is 0.383 e. The molecule has 100 valence electrons. The van der Waals surface area contributed by atoms with E-state index in [0.29, 0.717) is 24.5 Å². The number of nitrogens with two attached hydrogens (primary N) is 1. The molecule has 8 heteroatoms. The molecule has 1 aliphatic heterocycles. The third-order valence-corrected chi connectivity index (χ3v) is 3.99. The lowest BCUT2D eigenvalue weighted by molar-refractivity contribution is 0.0748. The van der Waals surface area contributed by atoms with Crippen molar-refractivity contribution in [3.63, 3.8) is 0 Å². The van der Waals surface area contributed by atoms with Crippen LogP contribution in [0.4, 0.5) is 10.9 Å². The van der Waals surface area contributed by atoms with E-state index in [1.165, 1.54) is 6.20 Å². The van der Waals surface area contributed by atoms with Gasteiger partial charge in [-0.05, 0) is 0 Å². The van der Waals surface area contributed by atoms with Gasteiger partial charge in [0.25, 0.3) is 5.91 Å². The molecular formula is C11H14N6OS. The van der Waals surface area contributed by atoms with Gasteiger partial charge in [-0.2, -0.15) is 5.10 Å². The summed E-state index contributed by atoms with van der Waals surface area (Å²) in [5.41, 5.74) is 6.12. The lowest BCUT2D eigenvalue weighted by atomic mass is 10.2. The van der Waals surface area contributed by atoms with Crippen molar-refractivity contribution in [2.45, 2.75) is 0 Å². The number of rotatable bonds is 2. The first-order valence-corrected chi connectivity index (χ1v) is 6.86. The van der Waals surface area contributed by atoms with E-state index in [4.69, 9.17) is 5.73 Å². The van der Waals surface area contributed by atoms with Crippen LogP contribution in [0, 0.1) is 0 Å². The van der Waals surface area contributed by atoms with Crippen molar-refractivity contribution < 1.29 is 4.79 Å². The molecule has 3 N–H and O–H groups in total. The average Bonchev–Trinajstić information content (AvgIpc) is 3.09. The van der Waals surface area contributed by atoms with Crippen LogP contribution in [-0.4, -0.2) is 52.2 Å². The fourth-order valence-electron chi connectivity index (χ4n) is 2.11. The van der Waals surface area contributed by atoms with Crippen molar-refractivity contribution in [3.05, 3.63) is 23.3 Å². The number of nitrogen functional groups attached to an aromatic ring is 1. The van der Waals surface area contributed by atoms with E-state index in [1.54, 1.807) is 22.4 Å². The van der Waals surface area contributed by atoms with Gasteiger partial charge in [0.15, 0.2) is 5.13 Å². The number of aromatic amines is 1. The highest BCUT2D eigenvalue weighted by Crippen LogP contribution is 2.20. The second-order valence-corrected chi connectivity index (χ2v) is 5.16. The van der Waals surface area contributed by atoms with E-state index >= 15 is 0 Å². The standard InChI is InChI=1S/C11H14N6OS/c12-9-8(7-14-15-9)10(18)16-2-4-17(5-3-16)11-13-1-6-19-11/h1,6-7H,2-5H2,(H3,12,14,15). The van der Waals surface area contributed by atoms with Gasteiger partial charge in [0.05, 0.1) is 6.20 Å². The minimum atomic E-state index is -0.0648. The van der Waals surface area contributed by atoms with Crippen LogP contribution in [0.1, 0.15) is 10.4 Å². The highest BCUT2D eigenvalue weighted by molar-refractivity contribution is 7.13. The predicted molar refractivity (Wildman–Crippen MR) is 73.2 cm³/mol. The Morgan fingerprint density at radius 2 is 2.16 bits per heavy atom. The van der Waals surface area contributed by atoms with Crippen LogP contribution in [-0.2, 0) is 0 Å². The summed E-state index contributed by atoms with van der Waals surface area (Å²) in [6.45, 7) is 2.92. The summed E-state index contributed by atoms with van der Waals surface area (Å²) in [5, 5.41) is 9.32. The normalized spacial score (nSPS) is 15.8. The summed E-state index contributed by atoms with van der Waals surface area (Å²) in [6.07, 6.45) is 3.27. The number of nitrogens with zero attached hydrogens (tertiary/aromatic N) is 4. The minimum Gasteiger partial charge on any atom is -0.383 e. The van der Waals surface area contributed by atoms with Gasteiger partial charge in [-0.1, -0.05) is 0 Å². The van der Waals surface area contributed by atoms with Crippen molar-refractivity contribution in [1.29, 1.82) is 0 Å². The molecule has 0 bridgehead atoms. The third-order valence-electron chi connectivity index (χ3n) is 3.16. The second-order valence-electron chi connectivity index (χ2n) is 4.29. The van der Waals surface area contributed by atoms with Gasteiger partial charge in [-0.3, -0.25) is 9.89 Å². The molecule has 1 saturated heterocycles. The van der Waals surface area contributed by atoms with Crippen molar-refractivity contribution >= 4 is 28.2 Å². The summed E-state index contributed by atoms with van der Waals surface area (Å²) < 4.78 is 0. The minimum absolute atomic E-state index is 0.0648. The number of H-pyrrole nitrogens is 1. The summed E-state index contributed by atoms with van der Waals surface area (Å²) in [7, 11) is 0. The molecule has 0 spiro atoms. The van der Waals surface area contributed by atoms with Crippen LogP contribution in [0.2, 0.25) is 0 Å². The molecule has 7 nitrogen and oxygen atoms in total. The Morgan fingerprint density at radius 1 is 1.37 bits per heavy atom. The van der Waals surface area contributed by atoms with Crippen molar-refractivity contribution in [2.24, 2.45) is 0 Å². The first kappa shape index (κ1) is 12.0. The topological polar surface area (TPSA) is 91.1 Å². The first-order valence-electron chi connectivity index (χ1n) is 5.98. The lowest BCUT2D eigenvalue weighted by Crippen LogP contribution is -2.48. The molecule has 0 saturated carbocycles. The molecule has 2 aromatic rings. The molecule has 0 radical (unpaired) electrons. The van der Waals surface area contributed by atoms with Crippen molar-refractivity contribution in [3.8, 4) is 0 Å².